The third kappa shape index (κ3) is 2.45. The van der Waals surface area contributed by atoms with Gasteiger partial charge in [0.1, 0.15) is 11.8 Å². The van der Waals surface area contributed by atoms with E-state index in [1.807, 2.05) is 24.3 Å². The van der Waals surface area contributed by atoms with Gasteiger partial charge in [0.05, 0.1) is 16.5 Å². The minimum Gasteiger partial charge on any atom is -0.489 e. The quantitative estimate of drug-likeness (QED) is 0.796. The number of nitriles is 1. The van der Waals surface area contributed by atoms with Crippen LogP contribution in [0.15, 0.2) is 30.3 Å². The lowest BCUT2D eigenvalue weighted by Crippen LogP contribution is -2.24. The summed E-state index contributed by atoms with van der Waals surface area (Å²) in [4.78, 5) is 12.4. The molecule has 1 saturated carbocycles. The topological polar surface area (TPSA) is 50.1 Å². The van der Waals surface area contributed by atoms with E-state index in [4.69, 9.17) is 4.74 Å². The molecule has 0 unspecified atom stereocenters. The van der Waals surface area contributed by atoms with Gasteiger partial charge in [-0.25, -0.2) is 0 Å². The molecule has 1 fully saturated rings. The Kier molecular flexibility index (Phi) is 3.53. The highest BCUT2D eigenvalue weighted by atomic mass is 32.1. The standard InChI is InChI=1S/C16H13NO2S/c17-9-12-8-11(16-7-5-14(10-18)20-16)4-6-15(12)19-13-2-1-3-13/h4-8,10,13H,1-3H2. The maximum atomic E-state index is 10.7. The summed E-state index contributed by atoms with van der Waals surface area (Å²) in [5, 5.41) is 9.26. The number of hydrogen-bond acceptors (Lipinski definition) is 4. The number of carbonyl (C=O) groups is 1. The molecule has 1 aromatic carbocycles. The Hall–Kier alpha value is -2.12. The van der Waals surface area contributed by atoms with Crippen molar-refractivity contribution in [2.75, 3.05) is 0 Å². The fraction of sp³-hybridized carbons (Fsp3) is 0.250. The van der Waals surface area contributed by atoms with Gasteiger partial charge < -0.3 is 4.74 Å². The van der Waals surface area contributed by atoms with E-state index in [2.05, 4.69) is 6.07 Å². The fourth-order valence-corrected chi connectivity index (χ4v) is 2.93. The van der Waals surface area contributed by atoms with Crippen LogP contribution in [0, 0.1) is 11.3 Å². The van der Waals surface area contributed by atoms with Gasteiger partial charge in [0.25, 0.3) is 0 Å². The Balaban J connectivity index is 1.89. The molecule has 100 valence electrons. The molecule has 1 aromatic heterocycles. The van der Waals surface area contributed by atoms with Crippen molar-refractivity contribution >= 4 is 17.6 Å². The minimum absolute atomic E-state index is 0.261. The van der Waals surface area contributed by atoms with Gasteiger partial charge in [-0.2, -0.15) is 5.26 Å². The SMILES string of the molecule is N#Cc1cc(-c2ccc(C=O)s2)ccc1OC1CCC1. The highest BCUT2D eigenvalue weighted by Gasteiger charge is 2.20. The van der Waals surface area contributed by atoms with Gasteiger partial charge in [-0.05, 0) is 55.2 Å². The van der Waals surface area contributed by atoms with Gasteiger partial charge >= 0.3 is 0 Å². The van der Waals surface area contributed by atoms with Crippen molar-refractivity contribution in [2.45, 2.75) is 25.4 Å². The van der Waals surface area contributed by atoms with Crippen LogP contribution in [-0.4, -0.2) is 12.4 Å². The lowest BCUT2D eigenvalue weighted by Gasteiger charge is -2.26. The molecule has 2 aromatic rings. The van der Waals surface area contributed by atoms with Crippen LogP contribution in [0.1, 0.15) is 34.5 Å². The normalized spacial score (nSPS) is 14.3. The minimum atomic E-state index is 0.261. The largest absolute Gasteiger partial charge is 0.489 e. The van der Waals surface area contributed by atoms with Gasteiger partial charge in [-0.1, -0.05) is 0 Å². The second kappa shape index (κ2) is 5.48. The highest BCUT2D eigenvalue weighted by Crippen LogP contribution is 2.33. The molecular formula is C16H13NO2S. The molecule has 20 heavy (non-hydrogen) atoms. The zero-order valence-corrected chi connectivity index (χ0v) is 11.7. The van der Waals surface area contributed by atoms with Crippen molar-refractivity contribution in [1.82, 2.24) is 0 Å². The summed E-state index contributed by atoms with van der Waals surface area (Å²) in [7, 11) is 0. The van der Waals surface area contributed by atoms with Crippen molar-refractivity contribution in [3.8, 4) is 22.3 Å². The maximum Gasteiger partial charge on any atom is 0.160 e. The molecule has 0 aliphatic heterocycles. The third-order valence-electron chi connectivity index (χ3n) is 3.47. The highest BCUT2D eigenvalue weighted by molar-refractivity contribution is 7.17. The van der Waals surface area contributed by atoms with E-state index in [1.54, 1.807) is 6.07 Å². The average molecular weight is 283 g/mol. The van der Waals surface area contributed by atoms with Gasteiger partial charge in [0.15, 0.2) is 6.29 Å². The molecule has 0 bridgehead atoms. The first-order valence-electron chi connectivity index (χ1n) is 6.56. The van der Waals surface area contributed by atoms with Crippen molar-refractivity contribution in [3.05, 3.63) is 40.8 Å². The van der Waals surface area contributed by atoms with Crippen LogP contribution in [0.4, 0.5) is 0 Å². The van der Waals surface area contributed by atoms with Gasteiger partial charge in [-0.3, -0.25) is 4.79 Å². The van der Waals surface area contributed by atoms with Crippen LogP contribution < -0.4 is 4.74 Å². The van der Waals surface area contributed by atoms with E-state index in [0.717, 1.165) is 29.6 Å². The van der Waals surface area contributed by atoms with E-state index in [1.165, 1.54) is 17.8 Å². The van der Waals surface area contributed by atoms with Crippen LogP contribution in [0.3, 0.4) is 0 Å². The Labute approximate surface area is 121 Å². The van der Waals surface area contributed by atoms with Crippen molar-refractivity contribution in [3.63, 3.8) is 0 Å². The summed E-state index contributed by atoms with van der Waals surface area (Å²) in [5.74, 6) is 0.660. The monoisotopic (exact) mass is 283 g/mol. The summed E-state index contributed by atoms with van der Waals surface area (Å²) in [6.45, 7) is 0. The van der Waals surface area contributed by atoms with Crippen molar-refractivity contribution in [2.24, 2.45) is 0 Å². The molecule has 4 heteroatoms. The van der Waals surface area contributed by atoms with Gasteiger partial charge in [-0.15, -0.1) is 11.3 Å². The Bertz CT molecular complexity index is 680. The zero-order chi connectivity index (χ0) is 13.9. The lowest BCUT2D eigenvalue weighted by molar-refractivity contribution is 0.112. The molecule has 1 heterocycles. The van der Waals surface area contributed by atoms with Crippen LogP contribution >= 0.6 is 11.3 Å². The first-order chi connectivity index (χ1) is 9.80. The second-order valence-corrected chi connectivity index (χ2v) is 5.93. The lowest BCUT2D eigenvalue weighted by atomic mass is 9.96. The number of ether oxygens (including phenoxy) is 1. The molecule has 1 aliphatic carbocycles. The number of rotatable bonds is 4. The Morgan fingerprint density at radius 1 is 1.30 bits per heavy atom. The molecule has 3 nitrogen and oxygen atoms in total. The summed E-state index contributed by atoms with van der Waals surface area (Å²) < 4.78 is 5.81. The second-order valence-electron chi connectivity index (χ2n) is 4.81. The predicted molar refractivity (Wildman–Crippen MR) is 78.1 cm³/mol. The number of carbonyl (C=O) groups excluding carboxylic acids is 1. The van der Waals surface area contributed by atoms with Crippen LogP contribution in [0.5, 0.6) is 5.75 Å². The third-order valence-corrected chi connectivity index (χ3v) is 4.53. The summed E-state index contributed by atoms with van der Waals surface area (Å²) in [6, 6.07) is 11.5. The van der Waals surface area contributed by atoms with E-state index in [0.29, 0.717) is 16.2 Å². The number of benzene rings is 1. The van der Waals surface area contributed by atoms with Gasteiger partial charge in [0, 0.05) is 4.88 Å². The number of aldehydes is 1. The fourth-order valence-electron chi connectivity index (χ4n) is 2.11. The number of thiophene rings is 1. The van der Waals surface area contributed by atoms with E-state index < -0.39 is 0 Å². The van der Waals surface area contributed by atoms with Crippen molar-refractivity contribution in [1.29, 1.82) is 5.26 Å². The van der Waals surface area contributed by atoms with Crippen LogP contribution in [-0.2, 0) is 0 Å². The summed E-state index contributed by atoms with van der Waals surface area (Å²) >= 11 is 1.42. The number of nitrogens with zero attached hydrogens (tertiary/aromatic N) is 1. The summed E-state index contributed by atoms with van der Waals surface area (Å²) in [5.41, 5.74) is 1.50. The number of hydrogen-bond donors (Lipinski definition) is 0. The molecule has 1 aliphatic rings. The van der Waals surface area contributed by atoms with Crippen LogP contribution in [0.2, 0.25) is 0 Å². The van der Waals surface area contributed by atoms with Crippen LogP contribution in [0.25, 0.3) is 10.4 Å². The average Bonchev–Trinajstić information content (AvgIpc) is 2.91. The zero-order valence-electron chi connectivity index (χ0n) is 10.8. The molecule has 0 atom stereocenters. The van der Waals surface area contributed by atoms with Gasteiger partial charge in [0.2, 0.25) is 0 Å². The smallest absolute Gasteiger partial charge is 0.160 e. The van der Waals surface area contributed by atoms with E-state index in [-0.39, 0.29) is 6.10 Å². The Morgan fingerprint density at radius 2 is 2.15 bits per heavy atom. The van der Waals surface area contributed by atoms with E-state index >= 15 is 0 Å². The Morgan fingerprint density at radius 3 is 2.75 bits per heavy atom. The molecule has 0 amide bonds. The van der Waals surface area contributed by atoms with E-state index in [9.17, 15) is 10.1 Å². The molecule has 0 radical (unpaired) electrons. The molecule has 0 spiro atoms. The molecule has 0 N–H and O–H groups in total. The predicted octanol–water partition coefficient (Wildman–Crippen LogP) is 4.03. The summed E-state index contributed by atoms with van der Waals surface area (Å²) in [6.07, 6.45) is 4.44. The first-order valence-corrected chi connectivity index (χ1v) is 7.38. The molecular weight excluding hydrogens is 270 g/mol. The first kappa shape index (κ1) is 12.9. The molecule has 0 saturated heterocycles. The maximum absolute atomic E-state index is 10.7. The van der Waals surface area contributed by atoms with Crippen molar-refractivity contribution < 1.29 is 9.53 Å². The molecule has 3 rings (SSSR count).